The number of carbonyl (C=O) groups is 1. The second-order valence-electron chi connectivity index (χ2n) is 5.03. The second-order valence-corrected chi connectivity index (χ2v) is 5.89. The molecule has 0 saturated carbocycles. The predicted molar refractivity (Wildman–Crippen MR) is 95.5 cm³/mol. The number of benzene rings is 2. The van der Waals surface area contributed by atoms with Crippen molar-refractivity contribution in [3.05, 3.63) is 52.3 Å². The highest BCUT2D eigenvalue weighted by molar-refractivity contribution is 9.10. The van der Waals surface area contributed by atoms with Gasteiger partial charge >= 0.3 is 0 Å². The Bertz CT molecular complexity index is 721. The lowest BCUT2D eigenvalue weighted by Crippen LogP contribution is -2.13. The molecule has 0 aliphatic rings. The molecule has 0 aromatic heterocycles. The van der Waals surface area contributed by atoms with Crippen LogP contribution in [0.4, 0.5) is 10.1 Å². The van der Waals surface area contributed by atoms with E-state index < -0.39 is 5.82 Å². The van der Waals surface area contributed by atoms with E-state index in [0.717, 1.165) is 6.42 Å². The molecule has 4 nitrogen and oxygen atoms in total. The van der Waals surface area contributed by atoms with Gasteiger partial charge in [0.05, 0.1) is 17.7 Å². The van der Waals surface area contributed by atoms with Crippen molar-refractivity contribution in [3.8, 4) is 11.5 Å². The third-order valence-electron chi connectivity index (χ3n) is 3.10. The van der Waals surface area contributed by atoms with Crippen LogP contribution in [0.3, 0.4) is 0 Å². The summed E-state index contributed by atoms with van der Waals surface area (Å²) in [6, 6.07) is 9.01. The maximum absolute atomic E-state index is 13.2. The number of anilines is 1. The quantitative estimate of drug-likeness (QED) is 0.714. The van der Waals surface area contributed by atoms with Crippen molar-refractivity contribution in [2.45, 2.75) is 20.3 Å². The Morgan fingerprint density at radius 2 is 2.00 bits per heavy atom. The zero-order valence-corrected chi connectivity index (χ0v) is 15.2. The van der Waals surface area contributed by atoms with Crippen LogP contribution < -0.4 is 14.8 Å². The van der Waals surface area contributed by atoms with E-state index in [1.807, 2.05) is 13.8 Å². The van der Waals surface area contributed by atoms with Gasteiger partial charge in [0.2, 0.25) is 0 Å². The lowest BCUT2D eigenvalue weighted by Gasteiger charge is -2.15. The smallest absolute Gasteiger partial charge is 0.255 e. The van der Waals surface area contributed by atoms with Gasteiger partial charge in [-0.15, -0.1) is 0 Å². The fourth-order valence-electron chi connectivity index (χ4n) is 2.08. The van der Waals surface area contributed by atoms with Crippen LogP contribution in [-0.2, 0) is 0 Å². The molecule has 0 unspecified atom stereocenters. The van der Waals surface area contributed by atoms with E-state index in [2.05, 4.69) is 21.2 Å². The van der Waals surface area contributed by atoms with Crippen molar-refractivity contribution in [2.24, 2.45) is 0 Å². The molecule has 2 aromatic rings. The molecular formula is C18H19BrFNO3. The number of hydrogen-bond acceptors (Lipinski definition) is 3. The van der Waals surface area contributed by atoms with Gasteiger partial charge in [0.25, 0.3) is 5.91 Å². The van der Waals surface area contributed by atoms with Crippen molar-refractivity contribution in [3.63, 3.8) is 0 Å². The van der Waals surface area contributed by atoms with Gasteiger partial charge in [-0.05, 0) is 59.6 Å². The number of carbonyl (C=O) groups excluding carboxylic acids is 1. The topological polar surface area (TPSA) is 47.6 Å². The molecule has 2 aromatic carbocycles. The van der Waals surface area contributed by atoms with Crippen LogP contribution in [0, 0.1) is 5.82 Å². The maximum atomic E-state index is 13.2. The minimum Gasteiger partial charge on any atom is -0.490 e. The molecule has 0 aliphatic carbocycles. The van der Waals surface area contributed by atoms with Crippen LogP contribution >= 0.6 is 15.9 Å². The Kier molecular flexibility index (Phi) is 6.61. The van der Waals surface area contributed by atoms with Crippen LogP contribution in [0.1, 0.15) is 30.6 Å². The van der Waals surface area contributed by atoms with Gasteiger partial charge in [0.15, 0.2) is 11.5 Å². The molecule has 24 heavy (non-hydrogen) atoms. The normalized spacial score (nSPS) is 10.3. The van der Waals surface area contributed by atoms with Crippen molar-refractivity contribution in [1.82, 2.24) is 0 Å². The molecule has 6 heteroatoms. The minimum atomic E-state index is -0.410. The van der Waals surface area contributed by atoms with Crippen molar-refractivity contribution < 1.29 is 18.7 Å². The average molecular weight is 396 g/mol. The zero-order chi connectivity index (χ0) is 17.5. The highest BCUT2D eigenvalue weighted by Gasteiger charge is 2.16. The van der Waals surface area contributed by atoms with Gasteiger partial charge in [0, 0.05) is 11.3 Å². The SMILES string of the molecule is CCCOc1c(Br)cc(C(=O)Nc2cccc(F)c2)cc1OCC. The molecule has 0 bridgehead atoms. The molecule has 0 aliphatic heterocycles. The molecule has 0 radical (unpaired) electrons. The van der Waals surface area contributed by atoms with Crippen molar-refractivity contribution in [1.29, 1.82) is 0 Å². The van der Waals surface area contributed by atoms with Gasteiger partial charge < -0.3 is 14.8 Å². The summed E-state index contributed by atoms with van der Waals surface area (Å²) in [4.78, 5) is 12.4. The third kappa shape index (κ3) is 4.71. The highest BCUT2D eigenvalue weighted by Crippen LogP contribution is 2.37. The lowest BCUT2D eigenvalue weighted by molar-refractivity contribution is 0.102. The van der Waals surface area contributed by atoms with E-state index in [-0.39, 0.29) is 5.91 Å². The Hall–Kier alpha value is -2.08. The maximum Gasteiger partial charge on any atom is 0.255 e. The third-order valence-corrected chi connectivity index (χ3v) is 3.69. The Labute approximate surface area is 149 Å². The molecule has 128 valence electrons. The van der Waals surface area contributed by atoms with E-state index in [1.54, 1.807) is 18.2 Å². The van der Waals surface area contributed by atoms with Crippen molar-refractivity contribution >= 4 is 27.5 Å². The molecule has 0 atom stereocenters. The first kappa shape index (κ1) is 18.3. The van der Waals surface area contributed by atoms with Gasteiger partial charge in [-0.1, -0.05) is 13.0 Å². The highest BCUT2D eigenvalue weighted by atomic mass is 79.9. The average Bonchev–Trinajstić information content (AvgIpc) is 2.54. The van der Waals surface area contributed by atoms with E-state index >= 15 is 0 Å². The fraction of sp³-hybridized carbons (Fsp3) is 0.278. The lowest BCUT2D eigenvalue weighted by atomic mass is 10.1. The molecule has 2 rings (SSSR count). The number of hydrogen-bond donors (Lipinski definition) is 1. The number of ether oxygens (including phenoxy) is 2. The summed E-state index contributed by atoms with van der Waals surface area (Å²) in [5.74, 6) is 0.294. The summed E-state index contributed by atoms with van der Waals surface area (Å²) in [6.45, 7) is 4.86. The summed E-state index contributed by atoms with van der Waals surface area (Å²) in [6.07, 6.45) is 0.861. The minimum absolute atomic E-state index is 0.357. The Morgan fingerprint density at radius 3 is 2.67 bits per heavy atom. The standard InChI is InChI=1S/C18H19BrFNO3/c1-3-8-24-17-15(19)9-12(10-16(17)23-4-2)18(22)21-14-7-5-6-13(20)11-14/h5-7,9-11H,3-4,8H2,1-2H3,(H,21,22). The molecule has 0 saturated heterocycles. The molecule has 0 fully saturated rings. The summed E-state index contributed by atoms with van der Waals surface area (Å²) < 4.78 is 25.1. The van der Waals surface area contributed by atoms with Crippen LogP contribution in [0.15, 0.2) is 40.9 Å². The fourth-order valence-corrected chi connectivity index (χ4v) is 2.63. The molecule has 0 spiro atoms. The van der Waals surface area contributed by atoms with Crippen LogP contribution in [0.25, 0.3) is 0 Å². The van der Waals surface area contributed by atoms with E-state index in [0.29, 0.717) is 40.4 Å². The Morgan fingerprint density at radius 1 is 1.21 bits per heavy atom. The number of nitrogens with one attached hydrogen (secondary N) is 1. The van der Waals surface area contributed by atoms with Gasteiger partial charge in [-0.25, -0.2) is 4.39 Å². The second kappa shape index (κ2) is 8.68. The van der Waals surface area contributed by atoms with Crippen molar-refractivity contribution in [2.75, 3.05) is 18.5 Å². The largest absolute Gasteiger partial charge is 0.490 e. The first-order chi connectivity index (χ1) is 11.5. The zero-order valence-electron chi connectivity index (χ0n) is 13.6. The molecule has 0 heterocycles. The molecule has 1 amide bonds. The molecular weight excluding hydrogens is 377 g/mol. The summed E-state index contributed by atoms with van der Waals surface area (Å²) in [5, 5.41) is 2.66. The summed E-state index contributed by atoms with van der Waals surface area (Å²) >= 11 is 3.42. The number of amides is 1. The van der Waals surface area contributed by atoms with Gasteiger partial charge in [-0.2, -0.15) is 0 Å². The van der Waals surface area contributed by atoms with Crippen LogP contribution in [0.5, 0.6) is 11.5 Å². The predicted octanol–water partition coefficient (Wildman–Crippen LogP) is 5.03. The van der Waals surface area contributed by atoms with Gasteiger partial charge in [-0.3, -0.25) is 4.79 Å². The van der Waals surface area contributed by atoms with E-state index in [4.69, 9.17) is 9.47 Å². The first-order valence-electron chi connectivity index (χ1n) is 7.71. The molecule has 1 N–H and O–H groups in total. The monoisotopic (exact) mass is 395 g/mol. The number of halogens is 2. The van der Waals surface area contributed by atoms with Gasteiger partial charge in [0.1, 0.15) is 5.82 Å². The summed E-state index contributed by atoms with van der Waals surface area (Å²) in [5.41, 5.74) is 0.777. The first-order valence-corrected chi connectivity index (χ1v) is 8.50. The van der Waals surface area contributed by atoms with E-state index in [1.165, 1.54) is 18.2 Å². The van der Waals surface area contributed by atoms with Crippen LogP contribution in [-0.4, -0.2) is 19.1 Å². The summed E-state index contributed by atoms with van der Waals surface area (Å²) in [7, 11) is 0. The number of rotatable bonds is 7. The Balaban J connectivity index is 2.27. The van der Waals surface area contributed by atoms with E-state index in [9.17, 15) is 9.18 Å². The van der Waals surface area contributed by atoms with Crippen LogP contribution in [0.2, 0.25) is 0 Å².